The molecule has 0 bridgehead atoms. The molecule has 2 aromatic carbocycles. The molecule has 0 saturated carbocycles. The lowest BCUT2D eigenvalue weighted by atomic mass is 10.1. The molecule has 106 valence electrons. The van der Waals surface area contributed by atoms with E-state index in [1.807, 2.05) is 6.92 Å². The molecular formula is C14H15FN2O2S. The van der Waals surface area contributed by atoms with Gasteiger partial charge in [-0.1, -0.05) is 6.07 Å². The Balaban J connectivity index is 2.38. The summed E-state index contributed by atoms with van der Waals surface area (Å²) in [6, 6.07) is 8.03. The largest absolute Gasteiger partial charge is 0.398 e. The van der Waals surface area contributed by atoms with Gasteiger partial charge < -0.3 is 5.73 Å². The first-order valence-electron chi connectivity index (χ1n) is 5.95. The minimum Gasteiger partial charge on any atom is -0.398 e. The van der Waals surface area contributed by atoms with Gasteiger partial charge in [0.15, 0.2) is 0 Å². The summed E-state index contributed by atoms with van der Waals surface area (Å²) >= 11 is 0. The van der Waals surface area contributed by atoms with Crippen LogP contribution < -0.4 is 10.5 Å². The van der Waals surface area contributed by atoms with Gasteiger partial charge in [0, 0.05) is 5.69 Å². The molecule has 0 radical (unpaired) electrons. The number of benzene rings is 2. The van der Waals surface area contributed by atoms with Crippen LogP contribution in [0.5, 0.6) is 0 Å². The Bertz CT molecular complexity index is 741. The molecule has 6 heteroatoms. The predicted octanol–water partition coefficient (Wildman–Crippen LogP) is 2.83. The van der Waals surface area contributed by atoms with Gasteiger partial charge in [0.1, 0.15) is 5.82 Å². The monoisotopic (exact) mass is 294 g/mol. The third kappa shape index (κ3) is 2.75. The standard InChI is InChI=1S/C14H15FN2O2S/c1-9-3-8-13(10(2)14(9)16)17-20(18,19)12-6-4-11(15)5-7-12/h3-8,17H,16H2,1-2H3. The fourth-order valence-corrected chi connectivity index (χ4v) is 2.91. The number of halogens is 1. The van der Waals surface area contributed by atoms with Crippen LogP contribution in [0.1, 0.15) is 11.1 Å². The number of nitrogen functional groups attached to an aromatic ring is 1. The Morgan fingerprint density at radius 1 is 1.05 bits per heavy atom. The number of anilines is 2. The van der Waals surface area contributed by atoms with E-state index in [2.05, 4.69) is 4.72 Å². The van der Waals surface area contributed by atoms with Crippen LogP contribution in [-0.4, -0.2) is 8.42 Å². The summed E-state index contributed by atoms with van der Waals surface area (Å²) in [6.45, 7) is 3.59. The van der Waals surface area contributed by atoms with Crippen molar-refractivity contribution in [2.24, 2.45) is 0 Å². The van der Waals surface area contributed by atoms with E-state index in [-0.39, 0.29) is 4.90 Å². The number of nitrogens with one attached hydrogen (secondary N) is 1. The van der Waals surface area contributed by atoms with E-state index in [0.717, 1.165) is 17.7 Å². The molecular weight excluding hydrogens is 279 g/mol. The van der Waals surface area contributed by atoms with Gasteiger partial charge in [0.25, 0.3) is 10.0 Å². The molecule has 0 aliphatic carbocycles. The topological polar surface area (TPSA) is 72.2 Å². The highest BCUT2D eigenvalue weighted by molar-refractivity contribution is 7.92. The quantitative estimate of drug-likeness (QED) is 0.855. The molecule has 0 atom stereocenters. The van der Waals surface area contributed by atoms with Gasteiger partial charge in [-0.05, 0) is 55.3 Å². The van der Waals surface area contributed by atoms with Gasteiger partial charge in [0.2, 0.25) is 0 Å². The first-order valence-corrected chi connectivity index (χ1v) is 7.43. The average Bonchev–Trinajstić information content (AvgIpc) is 2.40. The van der Waals surface area contributed by atoms with Crippen molar-refractivity contribution in [2.45, 2.75) is 18.7 Å². The SMILES string of the molecule is Cc1ccc(NS(=O)(=O)c2ccc(F)cc2)c(C)c1N. The smallest absolute Gasteiger partial charge is 0.261 e. The summed E-state index contributed by atoms with van der Waals surface area (Å²) in [5, 5.41) is 0. The van der Waals surface area contributed by atoms with Crippen LogP contribution in [0.2, 0.25) is 0 Å². The summed E-state index contributed by atoms with van der Waals surface area (Å²) in [6.07, 6.45) is 0. The second kappa shape index (κ2) is 5.13. The highest BCUT2D eigenvalue weighted by Gasteiger charge is 2.16. The maximum atomic E-state index is 12.8. The Morgan fingerprint density at radius 2 is 1.65 bits per heavy atom. The van der Waals surface area contributed by atoms with Crippen LogP contribution in [0, 0.1) is 19.7 Å². The fraction of sp³-hybridized carbons (Fsp3) is 0.143. The lowest BCUT2D eigenvalue weighted by molar-refractivity contribution is 0.599. The highest BCUT2D eigenvalue weighted by Crippen LogP contribution is 2.26. The Kier molecular flexibility index (Phi) is 3.67. The first kappa shape index (κ1) is 14.3. The molecule has 4 nitrogen and oxygen atoms in total. The average molecular weight is 294 g/mol. The Hall–Kier alpha value is -2.08. The molecule has 0 aliphatic rings. The van der Waals surface area contributed by atoms with Crippen LogP contribution >= 0.6 is 0 Å². The second-order valence-electron chi connectivity index (χ2n) is 4.53. The van der Waals surface area contributed by atoms with E-state index in [1.54, 1.807) is 19.1 Å². The highest BCUT2D eigenvalue weighted by atomic mass is 32.2. The fourth-order valence-electron chi connectivity index (χ4n) is 1.79. The van der Waals surface area contributed by atoms with Crippen LogP contribution in [0.4, 0.5) is 15.8 Å². The van der Waals surface area contributed by atoms with E-state index in [1.165, 1.54) is 12.1 Å². The Labute approximate surface area is 117 Å². The van der Waals surface area contributed by atoms with Gasteiger partial charge in [-0.2, -0.15) is 0 Å². The van der Waals surface area contributed by atoms with Gasteiger partial charge in [-0.15, -0.1) is 0 Å². The summed E-state index contributed by atoms with van der Waals surface area (Å²) in [7, 11) is -3.75. The van der Waals surface area contributed by atoms with E-state index < -0.39 is 15.8 Å². The van der Waals surface area contributed by atoms with E-state index in [9.17, 15) is 12.8 Å². The molecule has 0 saturated heterocycles. The van der Waals surface area contributed by atoms with E-state index >= 15 is 0 Å². The van der Waals surface area contributed by atoms with Gasteiger partial charge in [-0.3, -0.25) is 4.72 Å². The molecule has 0 aromatic heterocycles. The van der Waals surface area contributed by atoms with Crippen molar-refractivity contribution in [2.75, 3.05) is 10.5 Å². The lowest BCUT2D eigenvalue weighted by Gasteiger charge is -2.13. The first-order chi connectivity index (χ1) is 9.31. The zero-order chi connectivity index (χ0) is 14.9. The molecule has 0 unspecified atom stereocenters. The van der Waals surface area contributed by atoms with Crippen molar-refractivity contribution in [1.29, 1.82) is 0 Å². The molecule has 2 aromatic rings. The van der Waals surface area contributed by atoms with Gasteiger partial charge in [-0.25, -0.2) is 12.8 Å². The van der Waals surface area contributed by atoms with Gasteiger partial charge in [0.05, 0.1) is 10.6 Å². The maximum absolute atomic E-state index is 12.8. The summed E-state index contributed by atoms with van der Waals surface area (Å²) in [5.41, 5.74) is 8.38. The lowest BCUT2D eigenvalue weighted by Crippen LogP contribution is -2.14. The molecule has 3 N–H and O–H groups in total. The van der Waals surface area contributed by atoms with Crippen LogP contribution in [0.15, 0.2) is 41.3 Å². The zero-order valence-electron chi connectivity index (χ0n) is 11.1. The van der Waals surface area contributed by atoms with Crippen LogP contribution in [0.25, 0.3) is 0 Å². The van der Waals surface area contributed by atoms with Crippen molar-refractivity contribution < 1.29 is 12.8 Å². The second-order valence-corrected chi connectivity index (χ2v) is 6.21. The van der Waals surface area contributed by atoms with Crippen molar-refractivity contribution >= 4 is 21.4 Å². The molecule has 0 heterocycles. The number of hydrogen-bond acceptors (Lipinski definition) is 3. The maximum Gasteiger partial charge on any atom is 0.261 e. The summed E-state index contributed by atoms with van der Waals surface area (Å²) in [4.78, 5) is -0.00236. The molecule has 0 fully saturated rings. The molecule has 2 rings (SSSR count). The van der Waals surface area contributed by atoms with Gasteiger partial charge >= 0.3 is 0 Å². The van der Waals surface area contributed by atoms with Crippen molar-refractivity contribution in [3.05, 3.63) is 53.3 Å². The zero-order valence-corrected chi connectivity index (χ0v) is 12.0. The van der Waals surface area contributed by atoms with Crippen LogP contribution in [-0.2, 0) is 10.0 Å². The van der Waals surface area contributed by atoms with Crippen molar-refractivity contribution in [3.63, 3.8) is 0 Å². The minimum atomic E-state index is -3.75. The van der Waals surface area contributed by atoms with E-state index in [0.29, 0.717) is 16.9 Å². The summed E-state index contributed by atoms with van der Waals surface area (Å²) in [5.74, 6) is -0.486. The Morgan fingerprint density at radius 3 is 2.25 bits per heavy atom. The van der Waals surface area contributed by atoms with Crippen LogP contribution in [0.3, 0.4) is 0 Å². The number of hydrogen-bond donors (Lipinski definition) is 2. The predicted molar refractivity (Wildman–Crippen MR) is 77.5 cm³/mol. The van der Waals surface area contributed by atoms with Crippen molar-refractivity contribution in [3.8, 4) is 0 Å². The molecule has 0 spiro atoms. The molecule has 0 amide bonds. The molecule has 0 aliphatic heterocycles. The van der Waals surface area contributed by atoms with Crippen molar-refractivity contribution in [1.82, 2.24) is 0 Å². The minimum absolute atomic E-state index is 0.00236. The number of nitrogens with two attached hydrogens (primary N) is 1. The van der Waals surface area contributed by atoms with E-state index in [4.69, 9.17) is 5.73 Å². The number of aryl methyl sites for hydroxylation is 1. The third-order valence-electron chi connectivity index (χ3n) is 3.10. The third-order valence-corrected chi connectivity index (χ3v) is 4.48. The number of sulfonamides is 1. The number of rotatable bonds is 3. The summed E-state index contributed by atoms with van der Waals surface area (Å²) < 4.78 is 39.7. The molecule has 20 heavy (non-hydrogen) atoms. The normalized spacial score (nSPS) is 11.3.